The Morgan fingerprint density at radius 2 is 2.35 bits per heavy atom. The van der Waals surface area contributed by atoms with Crippen LogP contribution in [0.25, 0.3) is 0 Å². The fraction of sp³-hybridized carbons (Fsp3) is 0.667. The second-order valence-electron chi connectivity index (χ2n) is 4.62. The molecule has 0 saturated carbocycles. The fourth-order valence-electron chi connectivity index (χ4n) is 2.15. The molecule has 2 rings (SSSR count). The Morgan fingerprint density at radius 1 is 1.60 bits per heavy atom. The van der Waals surface area contributed by atoms with Gasteiger partial charge in [-0.05, 0) is 18.2 Å². The van der Waals surface area contributed by atoms with Crippen molar-refractivity contribution >= 4 is 17.6 Å². The Balaban J connectivity index is 2.29. The molecule has 0 bridgehead atoms. The lowest BCUT2D eigenvalue weighted by atomic mass is 10.2. The zero-order valence-electron chi connectivity index (χ0n) is 11.2. The van der Waals surface area contributed by atoms with Gasteiger partial charge in [0.1, 0.15) is 11.9 Å². The van der Waals surface area contributed by atoms with Gasteiger partial charge in [-0.1, -0.05) is 6.92 Å². The van der Waals surface area contributed by atoms with Gasteiger partial charge in [0.2, 0.25) is 0 Å². The smallest absolute Gasteiger partial charge is 0.351 e. The van der Waals surface area contributed by atoms with Crippen molar-refractivity contribution in [3.8, 4) is 0 Å². The first kappa shape index (κ1) is 15.3. The minimum atomic E-state index is -0.828. The second-order valence-corrected chi connectivity index (χ2v) is 5.90. The van der Waals surface area contributed by atoms with Crippen molar-refractivity contribution in [2.45, 2.75) is 37.0 Å². The quantitative estimate of drug-likeness (QED) is 0.678. The van der Waals surface area contributed by atoms with Gasteiger partial charge in [-0.2, -0.15) is 16.7 Å². The van der Waals surface area contributed by atoms with E-state index in [1.54, 1.807) is 0 Å². The molecule has 8 heteroatoms. The largest absolute Gasteiger partial charge is 0.394 e. The van der Waals surface area contributed by atoms with Crippen molar-refractivity contribution in [1.29, 1.82) is 0 Å². The number of anilines is 1. The van der Waals surface area contributed by atoms with Gasteiger partial charge < -0.3 is 20.7 Å². The predicted octanol–water partition coefficient (Wildman–Crippen LogP) is -0.412. The lowest BCUT2D eigenvalue weighted by Crippen LogP contribution is -2.34. The lowest BCUT2D eigenvalue weighted by Gasteiger charge is -2.21. The molecule has 1 aromatic rings. The summed E-state index contributed by atoms with van der Waals surface area (Å²) < 4.78 is 6.91. The van der Waals surface area contributed by atoms with Crippen molar-refractivity contribution in [2.75, 3.05) is 18.1 Å². The molecule has 1 aliphatic heterocycles. The van der Waals surface area contributed by atoms with E-state index in [4.69, 9.17) is 10.5 Å². The van der Waals surface area contributed by atoms with E-state index < -0.39 is 24.1 Å². The van der Waals surface area contributed by atoms with Gasteiger partial charge in [0.15, 0.2) is 6.23 Å². The summed E-state index contributed by atoms with van der Waals surface area (Å²) in [6.07, 6.45) is 0.268. The number of aromatic nitrogens is 2. The topological polar surface area (TPSA) is 111 Å². The number of ether oxygens (including phenoxy) is 1. The maximum atomic E-state index is 11.9. The third-order valence-electron chi connectivity index (χ3n) is 3.13. The molecule has 0 aromatic carbocycles. The average molecular weight is 301 g/mol. The lowest BCUT2D eigenvalue weighted by molar-refractivity contribution is -0.0456. The van der Waals surface area contributed by atoms with Crippen LogP contribution in [0.3, 0.4) is 0 Å². The van der Waals surface area contributed by atoms with E-state index in [1.807, 2.05) is 6.92 Å². The van der Waals surface area contributed by atoms with E-state index in [0.29, 0.717) is 0 Å². The summed E-state index contributed by atoms with van der Waals surface area (Å²) in [7, 11) is 0. The molecule has 4 N–H and O–H groups in total. The summed E-state index contributed by atoms with van der Waals surface area (Å²) in [4.78, 5) is 15.5. The molecule has 0 radical (unpaired) electrons. The van der Waals surface area contributed by atoms with Gasteiger partial charge in [0.25, 0.3) is 0 Å². The molecule has 1 fully saturated rings. The molecule has 1 unspecified atom stereocenters. The molecule has 1 aliphatic rings. The van der Waals surface area contributed by atoms with Gasteiger partial charge in [-0.15, -0.1) is 0 Å². The number of nitrogens with zero attached hydrogens (tertiary/aromatic N) is 2. The van der Waals surface area contributed by atoms with Crippen LogP contribution in [0.15, 0.2) is 17.1 Å². The molecule has 7 nitrogen and oxygen atoms in total. The minimum Gasteiger partial charge on any atom is -0.394 e. The summed E-state index contributed by atoms with van der Waals surface area (Å²) in [5, 5.41) is 19.1. The van der Waals surface area contributed by atoms with Gasteiger partial charge in [0, 0.05) is 6.20 Å². The molecular formula is C12H19N3O4S. The van der Waals surface area contributed by atoms with E-state index >= 15 is 0 Å². The van der Waals surface area contributed by atoms with Gasteiger partial charge in [-0.25, -0.2) is 4.79 Å². The first-order valence-electron chi connectivity index (χ1n) is 6.49. The molecule has 1 aromatic heterocycles. The maximum absolute atomic E-state index is 11.9. The van der Waals surface area contributed by atoms with Crippen molar-refractivity contribution in [3.05, 3.63) is 22.7 Å². The molecule has 20 heavy (non-hydrogen) atoms. The van der Waals surface area contributed by atoms with Crippen LogP contribution in [0, 0.1) is 0 Å². The van der Waals surface area contributed by atoms with Crippen molar-refractivity contribution in [1.82, 2.24) is 9.55 Å². The summed E-state index contributed by atoms with van der Waals surface area (Å²) in [6.45, 7) is 1.74. The van der Waals surface area contributed by atoms with E-state index in [2.05, 4.69) is 4.98 Å². The number of nitrogen functional groups attached to an aromatic ring is 1. The Bertz CT molecular complexity index is 510. The van der Waals surface area contributed by atoms with Crippen LogP contribution in [0.5, 0.6) is 0 Å². The van der Waals surface area contributed by atoms with Gasteiger partial charge in [-0.3, -0.25) is 4.57 Å². The fourth-order valence-corrected chi connectivity index (χ4v) is 3.39. The Kier molecular flexibility index (Phi) is 5.03. The van der Waals surface area contributed by atoms with Crippen molar-refractivity contribution in [2.24, 2.45) is 0 Å². The molecule has 4 atom stereocenters. The number of aliphatic hydroxyl groups is 2. The van der Waals surface area contributed by atoms with Crippen LogP contribution in [-0.2, 0) is 4.74 Å². The average Bonchev–Trinajstić information content (AvgIpc) is 2.73. The minimum absolute atomic E-state index is 0.140. The Morgan fingerprint density at radius 3 is 2.95 bits per heavy atom. The SMILES string of the molecule is CCCSC1[C@@H](O)[C@@H](CO)O[C@H]1n1ccc(N)nc1=O. The zero-order valence-corrected chi connectivity index (χ0v) is 12.0. The van der Waals surface area contributed by atoms with Crippen LogP contribution in [-0.4, -0.2) is 49.6 Å². The number of rotatable bonds is 5. The molecule has 0 aliphatic carbocycles. The predicted molar refractivity (Wildman–Crippen MR) is 76.4 cm³/mol. The van der Waals surface area contributed by atoms with Crippen LogP contribution < -0.4 is 11.4 Å². The Labute approximate surface area is 120 Å². The first-order chi connectivity index (χ1) is 9.58. The van der Waals surface area contributed by atoms with Crippen LogP contribution >= 0.6 is 11.8 Å². The van der Waals surface area contributed by atoms with Crippen molar-refractivity contribution in [3.63, 3.8) is 0 Å². The van der Waals surface area contributed by atoms with Crippen molar-refractivity contribution < 1.29 is 14.9 Å². The molecule has 112 valence electrons. The third-order valence-corrected chi connectivity index (χ3v) is 4.67. The van der Waals surface area contributed by atoms with Crippen LogP contribution in [0.4, 0.5) is 5.82 Å². The van der Waals surface area contributed by atoms with E-state index in [-0.39, 0.29) is 17.7 Å². The third kappa shape index (κ3) is 2.98. The highest BCUT2D eigenvalue weighted by Gasteiger charge is 2.44. The highest BCUT2D eigenvalue weighted by molar-refractivity contribution is 8.00. The monoisotopic (exact) mass is 301 g/mol. The van der Waals surface area contributed by atoms with E-state index in [9.17, 15) is 15.0 Å². The van der Waals surface area contributed by atoms with Crippen LogP contribution in [0.2, 0.25) is 0 Å². The summed E-state index contributed by atoms with van der Waals surface area (Å²) in [5.41, 5.74) is 4.94. The number of hydrogen-bond acceptors (Lipinski definition) is 7. The molecule has 0 amide bonds. The maximum Gasteiger partial charge on any atom is 0.351 e. The molecule has 1 saturated heterocycles. The number of hydrogen-bond donors (Lipinski definition) is 3. The molecular weight excluding hydrogens is 282 g/mol. The highest BCUT2D eigenvalue weighted by Crippen LogP contribution is 2.37. The number of nitrogens with two attached hydrogens (primary N) is 1. The first-order valence-corrected chi connectivity index (χ1v) is 7.54. The standard InChI is InChI=1S/C12H19N3O4S/c1-2-5-20-10-9(17)7(6-16)19-11(10)15-4-3-8(13)14-12(15)18/h3-4,7,9-11,16-17H,2,5-6H2,1H3,(H2,13,14,18)/t7-,9+,10?,11-/m1/s1. The Hall–Kier alpha value is -1.09. The normalized spacial score (nSPS) is 29.8. The van der Waals surface area contributed by atoms with Gasteiger partial charge >= 0.3 is 5.69 Å². The summed E-state index contributed by atoms with van der Waals surface area (Å²) >= 11 is 1.52. The summed E-state index contributed by atoms with van der Waals surface area (Å²) in [5.74, 6) is 0.970. The van der Waals surface area contributed by atoms with E-state index in [1.165, 1.54) is 28.6 Å². The van der Waals surface area contributed by atoms with E-state index in [0.717, 1.165) is 12.2 Å². The highest BCUT2D eigenvalue weighted by atomic mass is 32.2. The number of thioether (sulfide) groups is 1. The van der Waals surface area contributed by atoms with Gasteiger partial charge in [0.05, 0.1) is 18.0 Å². The molecule has 2 heterocycles. The zero-order chi connectivity index (χ0) is 14.7. The van der Waals surface area contributed by atoms with Crippen LogP contribution in [0.1, 0.15) is 19.6 Å². The second kappa shape index (κ2) is 6.57. The number of aliphatic hydroxyl groups excluding tert-OH is 2. The molecule has 0 spiro atoms. The summed E-state index contributed by atoms with van der Waals surface area (Å²) in [6, 6.07) is 1.50.